The van der Waals surface area contributed by atoms with Gasteiger partial charge in [-0.15, -0.1) is 0 Å². The molecule has 0 aromatic heterocycles. The molecule has 30 heavy (non-hydrogen) atoms. The van der Waals surface area contributed by atoms with E-state index in [1.54, 1.807) is 18.2 Å². The van der Waals surface area contributed by atoms with E-state index in [1.165, 1.54) is 31.2 Å². The zero-order valence-corrected chi connectivity index (χ0v) is 16.1. The lowest BCUT2D eigenvalue weighted by Crippen LogP contribution is -2.04. The molecule has 0 saturated heterocycles. The number of hydrogen-bond acceptors (Lipinski definition) is 2. The molecule has 0 atom stereocenters. The van der Waals surface area contributed by atoms with Crippen LogP contribution < -0.4 is 4.74 Å². The van der Waals surface area contributed by atoms with E-state index >= 15 is 0 Å². The van der Waals surface area contributed by atoms with Crippen molar-refractivity contribution < 1.29 is 18.3 Å². The lowest BCUT2D eigenvalue weighted by Gasteiger charge is -2.18. The molecule has 5 aromatic carbocycles. The van der Waals surface area contributed by atoms with Gasteiger partial charge < -0.3 is 4.74 Å². The number of halogens is 2. The van der Waals surface area contributed by atoms with Crippen molar-refractivity contribution >= 4 is 38.3 Å². The van der Waals surface area contributed by atoms with Crippen molar-refractivity contribution in [1.82, 2.24) is 0 Å². The number of benzene rings is 5. The summed E-state index contributed by atoms with van der Waals surface area (Å²) in [4.78, 5) is 12.0. The Hall–Kier alpha value is -3.79. The van der Waals surface area contributed by atoms with Gasteiger partial charge >= 0.3 is 5.97 Å². The second-order valence-corrected chi connectivity index (χ2v) is 7.24. The smallest absolute Gasteiger partial charge is 0.308 e. The zero-order valence-electron chi connectivity index (χ0n) is 16.1. The van der Waals surface area contributed by atoms with Crippen LogP contribution in [0.15, 0.2) is 78.9 Å². The standard InChI is InChI=1S/C26H16F2O2/c1-15(29)30-26-24-13-18-5-3-2-4-17(18)12-22(24)23-14-20(28)10-11-21(23)25(26)16-6-8-19(27)9-7-16/h2-14H,1H3. The van der Waals surface area contributed by atoms with Gasteiger partial charge in [0.15, 0.2) is 0 Å². The Bertz CT molecular complexity index is 1450. The third-order valence-corrected chi connectivity index (χ3v) is 5.28. The number of carbonyl (C=O) groups is 1. The van der Waals surface area contributed by atoms with Crippen LogP contribution in [0.4, 0.5) is 8.78 Å². The van der Waals surface area contributed by atoms with Crippen LogP contribution in [0, 0.1) is 11.6 Å². The van der Waals surface area contributed by atoms with Crippen molar-refractivity contribution in [3.63, 3.8) is 0 Å². The van der Waals surface area contributed by atoms with E-state index in [0.717, 1.165) is 21.5 Å². The summed E-state index contributed by atoms with van der Waals surface area (Å²) in [6.07, 6.45) is 0. The first-order chi connectivity index (χ1) is 14.5. The largest absolute Gasteiger partial charge is 0.425 e. The molecule has 0 spiro atoms. The highest BCUT2D eigenvalue weighted by Gasteiger charge is 2.20. The number of carbonyl (C=O) groups excluding carboxylic acids is 1. The molecule has 0 N–H and O–H groups in total. The fraction of sp³-hybridized carbons (Fsp3) is 0.0385. The molecule has 5 aromatic rings. The maximum atomic E-state index is 14.2. The van der Waals surface area contributed by atoms with Crippen molar-refractivity contribution in [2.75, 3.05) is 0 Å². The number of hydrogen-bond donors (Lipinski definition) is 0. The van der Waals surface area contributed by atoms with Gasteiger partial charge in [-0.1, -0.05) is 42.5 Å². The van der Waals surface area contributed by atoms with Crippen molar-refractivity contribution in [2.45, 2.75) is 6.92 Å². The summed E-state index contributed by atoms with van der Waals surface area (Å²) < 4.78 is 33.5. The first-order valence-corrected chi connectivity index (χ1v) is 9.53. The first kappa shape index (κ1) is 18.3. The van der Waals surface area contributed by atoms with Crippen molar-refractivity contribution in [3.8, 4) is 16.9 Å². The molecule has 0 amide bonds. The topological polar surface area (TPSA) is 26.3 Å². The highest BCUT2D eigenvalue weighted by Crippen LogP contribution is 2.45. The summed E-state index contributed by atoms with van der Waals surface area (Å²) in [5.41, 5.74) is 1.31. The molecule has 146 valence electrons. The number of ether oxygens (including phenoxy) is 1. The first-order valence-electron chi connectivity index (χ1n) is 9.53. The molecular formula is C26H16F2O2. The van der Waals surface area contributed by atoms with Crippen molar-refractivity contribution in [1.29, 1.82) is 0 Å². The zero-order chi connectivity index (χ0) is 20.8. The summed E-state index contributed by atoms with van der Waals surface area (Å²) in [6, 6.07) is 22.3. The van der Waals surface area contributed by atoms with E-state index in [-0.39, 0.29) is 11.6 Å². The minimum absolute atomic E-state index is 0.359. The minimum Gasteiger partial charge on any atom is -0.425 e. The van der Waals surface area contributed by atoms with Crippen LogP contribution in [0.3, 0.4) is 0 Å². The molecule has 0 unspecified atom stereocenters. The Morgan fingerprint density at radius 2 is 1.30 bits per heavy atom. The fourth-order valence-electron chi connectivity index (χ4n) is 4.02. The Morgan fingerprint density at radius 3 is 1.97 bits per heavy atom. The van der Waals surface area contributed by atoms with Crippen LogP contribution in [0.5, 0.6) is 5.75 Å². The maximum absolute atomic E-state index is 14.2. The van der Waals surface area contributed by atoms with Crippen molar-refractivity contribution in [2.24, 2.45) is 0 Å². The molecule has 5 rings (SSSR count). The number of rotatable bonds is 2. The van der Waals surface area contributed by atoms with E-state index in [4.69, 9.17) is 4.74 Å². The van der Waals surface area contributed by atoms with Gasteiger partial charge in [-0.2, -0.15) is 0 Å². The van der Waals surface area contributed by atoms with Gasteiger partial charge in [0.25, 0.3) is 0 Å². The molecular weight excluding hydrogens is 382 g/mol. The fourth-order valence-corrected chi connectivity index (χ4v) is 4.02. The molecule has 0 fully saturated rings. The second kappa shape index (κ2) is 6.92. The predicted molar refractivity (Wildman–Crippen MR) is 116 cm³/mol. The maximum Gasteiger partial charge on any atom is 0.308 e. The van der Waals surface area contributed by atoms with Crippen LogP contribution >= 0.6 is 0 Å². The Labute approximate surface area is 171 Å². The van der Waals surface area contributed by atoms with Crippen LogP contribution in [-0.2, 0) is 4.79 Å². The summed E-state index contributed by atoms with van der Waals surface area (Å²) in [6.45, 7) is 1.34. The van der Waals surface area contributed by atoms with Gasteiger partial charge in [-0.05, 0) is 68.9 Å². The summed E-state index contributed by atoms with van der Waals surface area (Å²) in [7, 11) is 0. The summed E-state index contributed by atoms with van der Waals surface area (Å²) in [5, 5.41) is 4.87. The highest BCUT2D eigenvalue weighted by molar-refractivity contribution is 6.20. The Kier molecular flexibility index (Phi) is 4.21. The van der Waals surface area contributed by atoms with E-state index in [9.17, 15) is 13.6 Å². The monoisotopic (exact) mass is 398 g/mol. The molecule has 0 aliphatic carbocycles. The third kappa shape index (κ3) is 2.98. The van der Waals surface area contributed by atoms with Gasteiger partial charge in [0.05, 0.1) is 0 Å². The van der Waals surface area contributed by atoms with E-state index in [1.807, 2.05) is 36.4 Å². The minimum atomic E-state index is -0.464. The summed E-state index contributed by atoms with van der Waals surface area (Å²) >= 11 is 0. The van der Waals surface area contributed by atoms with Gasteiger partial charge in [0, 0.05) is 17.9 Å². The summed E-state index contributed by atoms with van der Waals surface area (Å²) in [5.74, 6) is -0.805. The van der Waals surface area contributed by atoms with Gasteiger partial charge in [0.1, 0.15) is 17.4 Å². The lowest BCUT2D eigenvalue weighted by atomic mass is 9.90. The molecule has 0 bridgehead atoms. The van der Waals surface area contributed by atoms with Crippen LogP contribution in [0.1, 0.15) is 6.92 Å². The van der Waals surface area contributed by atoms with E-state index in [0.29, 0.717) is 27.6 Å². The average Bonchev–Trinajstić information content (AvgIpc) is 2.73. The van der Waals surface area contributed by atoms with Gasteiger partial charge in [0.2, 0.25) is 0 Å². The third-order valence-electron chi connectivity index (χ3n) is 5.28. The molecule has 4 heteroatoms. The quantitative estimate of drug-likeness (QED) is 0.138. The number of fused-ring (bicyclic) bond motifs is 4. The Morgan fingerprint density at radius 1 is 0.700 bits per heavy atom. The van der Waals surface area contributed by atoms with Crippen molar-refractivity contribution in [3.05, 3.63) is 90.5 Å². The lowest BCUT2D eigenvalue weighted by molar-refractivity contribution is -0.131. The van der Waals surface area contributed by atoms with E-state index < -0.39 is 5.97 Å². The molecule has 0 aliphatic heterocycles. The van der Waals surface area contributed by atoms with Gasteiger partial charge in [-0.25, -0.2) is 8.78 Å². The molecule has 0 saturated carbocycles. The average molecular weight is 398 g/mol. The van der Waals surface area contributed by atoms with E-state index in [2.05, 4.69) is 0 Å². The second-order valence-electron chi connectivity index (χ2n) is 7.24. The highest BCUT2D eigenvalue weighted by atomic mass is 19.1. The van der Waals surface area contributed by atoms with Crippen LogP contribution in [0.2, 0.25) is 0 Å². The molecule has 0 heterocycles. The normalized spacial score (nSPS) is 11.3. The molecule has 2 nitrogen and oxygen atoms in total. The predicted octanol–water partition coefficient (Wildman–Crippen LogP) is 7.02. The van der Waals surface area contributed by atoms with Crippen LogP contribution in [0.25, 0.3) is 43.4 Å². The molecule has 0 radical (unpaired) electrons. The Balaban J connectivity index is 2.02. The van der Waals surface area contributed by atoms with Gasteiger partial charge in [-0.3, -0.25) is 4.79 Å². The SMILES string of the molecule is CC(=O)Oc1c(-c2ccc(F)cc2)c2ccc(F)cc2c2cc3ccccc3cc12. The number of esters is 1. The van der Waals surface area contributed by atoms with Crippen LogP contribution in [-0.4, -0.2) is 5.97 Å². The molecule has 0 aliphatic rings.